The van der Waals surface area contributed by atoms with Crippen molar-refractivity contribution in [2.45, 2.75) is 148 Å². The Kier molecular flexibility index (Phi) is 18.7. The summed E-state index contributed by atoms with van der Waals surface area (Å²) in [6.45, 7) is 4.12. The topological polar surface area (TPSA) is 75.7 Å². The van der Waals surface area contributed by atoms with E-state index >= 15 is 0 Å². The van der Waals surface area contributed by atoms with Crippen LogP contribution in [0.25, 0.3) is 0 Å². The number of allylic oxidation sites excluding steroid dienone is 2. The van der Waals surface area contributed by atoms with Gasteiger partial charge in [-0.05, 0) is 32.1 Å². The highest BCUT2D eigenvalue weighted by molar-refractivity contribution is 5.81. The zero-order valence-corrected chi connectivity index (χ0v) is 23.1. The molecule has 0 saturated carbocycles. The van der Waals surface area contributed by atoms with Crippen molar-refractivity contribution in [2.24, 2.45) is 10.7 Å². The average molecular weight is 491 g/mol. The summed E-state index contributed by atoms with van der Waals surface area (Å²) in [6, 6.07) is 0. The third-order valence-electron chi connectivity index (χ3n) is 7.32. The molecule has 3 N–H and O–H groups in total. The molecule has 0 aliphatic carbocycles. The maximum absolute atomic E-state index is 11.3. The van der Waals surface area contributed by atoms with Gasteiger partial charge in [0, 0.05) is 13.3 Å². The zero-order chi connectivity index (χ0) is 25.6. The number of nitrogens with two attached hydrogens (primary N) is 1. The number of unbranched alkanes of at least 4 members (excludes halogenated alkanes) is 17. The second kappa shape index (κ2) is 20.7. The van der Waals surface area contributed by atoms with Crippen LogP contribution in [-0.2, 0) is 4.79 Å². The number of carboxylic acids is 1. The first kappa shape index (κ1) is 31.6. The van der Waals surface area contributed by atoms with E-state index in [0.29, 0.717) is 0 Å². The van der Waals surface area contributed by atoms with E-state index in [1.54, 1.807) is 6.20 Å². The second-order valence-corrected chi connectivity index (χ2v) is 10.5. The van der Waals surface area contributed by atoms with Gasteiger partial charge in [-0.2, -0.15) is 0 Å². The fourth-order valence-electron chi connectivity index (χ4n) is 5.00. The van der Waals surface area contributed by atoms with Gasteiger partial charge in [0.05, 0.1) is 6.20 Å². The van der Waals surface area contributed by atoms with Gasteiger partial charge >= 0.3 is 5.97 Å². The average Bonchev–Trinajstić information content (AvgIpc) is 3.23. The molecule has 1 heterocycles. The van der Waals surface area contributed by atoms with Crippen LogP contribution in [0.5, 0.6) is 0 Å². The minimum absolute atomic E-state index is 0.0248. The lowest BCUT2D eigenvalue weighted by atomic mass is 10.0. The molecule has 2 unspecified atom stereocenters. The van der Waals surface area contributed by atoms with Gasteiger partial charge in [0.25, 0.3) is 0 Å². The van der Waals surface area contributed by atoms with Crippen molar-refractivity contribution < 1.29 is 14.4 Å². The van der Waals surface area contributed by atoms with Crippen molar-refractivity contribution in [1.29, 1.82) is 0 Å². The van der Waals surface area contributed by atoms with Gasteiger partial charge in [0.15, 0.2) is 6.54 Å². The molecule has 1 aliphatic heterocycles. The van der Waals surface area contributed by atoms with Gasteiger partial charge in [-0.1, -0.05) is 109 Å². The maximum atomic E-state index is 11.3. The molecular weight excluding hydrogens is 434 g/mol. The van der Waals surface area contributed by atoms with E-state index in [4.69, 9.17) is 5.73 Å². The Morgan fingerprint density at radius 1 is 0.857 bits per heavy atom. The quantitative estimate of drug-likeness (QED) is 0.0809. The normalized spacial score (nSPS) is 18.4. The molecule has 5 heteroatoms. The molecule has 0 fully saturated rings. The van der Waals surface area contributed by atoms with Crippen LogP contribution >= 0.6 is 0 Å². The molecule has 0 aromatic rings. The maximum Gasteiger partial charge on any atom is 0.360 e. The first-order valence-corrected chi connectivity index (χ1v) is 14.8. The molecular formula is C30H56N3O2+. The van der Waals surface area contributed by atoms with E-state index in [0.717, 1.165) is 18.7 Å². The predicted molar refractivity (Wildman–Crippen MR) is 150 cm³/mol. The summed E-state index contributed by atoms with van der Waals surface area (Å²) in [5.41, 5.74) is 6.13. The molecule has 35 heavy (non-hydrogen) atoms. The fourth-order valence-corrected chi connectivity index (χ4v) is 5.00. The number of aliphatic carboxylic acids is 1. The second-order valence-electron chi connectivity index (χ2n) is 10.5. The Morgan fingerprint density at radius 3 is 1.77 bits per heavy atom. The van der Waals surface area contributed by atoms with E-state index in [1.165, 1.54) is 116 Å². The van der Waals surface area contributed by atoms with Gasteiger partial charge in [0.2, 0.25) is 5.84 Å². The van der Waals surface area contributed by atoms with Crippen LogP contribution in [0, 0.1) is 0 Å². The van der Waals surface area contributed by atoms with Gasteiger partial charge in [0.1, 0.15) is 12.4 Å². The van der Waals surface area contributed by atoms with Crippen molar-refractivity contribution in [1.82, 2.24) is 0 Å². The van der Waals surface area contributed by atoms with Gasteiger partial charge in [-0.25, -0.2) is 14.3 Å². The first-order valence-electron chi connectivity index (χ1n) is 14.8. The van der Waals surface area contributed by atoms with Crippen molar-refractivity contribution in [3.8, 4) is 0 Å². The summed E-state index contributed by atoms with van der Waals surface area (Å²) in [4.78, 5) is 15.8. The molecule has 0 aromatic carbocycles. The highest BCUT2D eigenvalue weighted by Crippen LogP contribution is 2.23. The lowest BCUT2D eigenvalue weighted by Gasteiger charge is -2.34. The highest BCUT2D eigenvalue weighted by Gasteiger charge is 2.40. The van der Waals surface area contributed by atoms with Crippen LogP contribution in [0.3, 0.4) is 0 Å². The fraction of sp³-hybridized carbons (Fsp3) is 0.800. The third kappa shape index (κ3) is 14.6. The van der Waals surface area contributed by atoms with Crippen molar-refractivity contribution >= 4 is 11.8 Å². The van der Waals surface area contributed by atoms with Crippen molar-refractivity contribution in [3.63, 3.8) is 0 Å². The van der Waals surface area contributed by atoms with Gasteiger partial charge < -0.3 is 5.11 Å². The van der Waals surface area contributed by atoms with Crippen LogP contribution in [0.2, 0.25) is 0 Å². The predicted octanol–water partition coefficient (Wildman–Crippen LogP) is 8.45. The van der Waals surface area contributed by atoms with E-state index < -0.39 is 5.97 Å². The van der Waals surface area contributed by atoms with E-state index in [9.17, 15) is 9.90 Å². The first-order chi connectivity index (χ1) is 17.0. The van der Waals surface area contributed by atoms with E-state index in [2.05, 4.69) is 24.1 Å². The molecule has 1 rings (SSSR count). The summed E-state index contributed by atoms with van der Waals surface area (Å²) >= 11 is 0. The largest absolute Gasteiger partial charge is 0.477 e. The number of aliphatic imine (C=N–C) groups is 1. The number of quaternary nitrogens is 1. The number of nitrogens with zero attached hydrogens (tertiary/aromatic N) is 2. The minimum atomic E-state index is -0.836. The molecule has 1 aliphatic rings. The van der Waals surface area contributed by atoms with Crippen LogP contribution in [-0.4, -0.2) is 34.1 Å². The number of carboxylic acid groups (broad SMARTS) is 1. The molecule has 0 bridgehead atoms. The van der Waals surface area contributed by atoms with Gasteiger partial charge in [-0.3, -0.25) is 5.73 Å². The van der Waals surface area contributed by atoms with Crippen LogP contribution < -0.4 is 5.73 Å². The van der Waals surface area contributed by atoms with Crippen LogP contribution in [0.4, 0.5) is 0 Å². The molecule has 0 amide bonds. The van der Waals surface area contributed by atoms with E-state index in [1.807, 2.05) is 13.1 Å². The summed E-state index contributed by atoms with van der Waals surface area (Å²) in [5.74, 6) is 0.0629. The SMILES string of the molecule is CCCCCCCC/C=C/CCCCCCCCCCCCCC1=NC=C[N+]1(CC(=O)O)C(C)N. The molecule has 0 aromatic heterocycles. The molecule has 0 radical (unpaired) electrons. The molecule has 2 atom stereocenters. The van der Waals surface area contributed by atoms with Crippen molar-refractivity contribution in [3.05, 3.63) is 24.6 Å². The molecule has 0 saturated heterocycles. The number of carbonyl (C=O) groups is 1. The Hall–Kier alpha value is -1.46. The van der Waals surface area contributed by atoms with E-state index in [-0.39, 0.29) is 17.2 Å². The van der Waals surface area contributed by atoms with Crippen LogP contribution in [0.1, 0.15) is 142 Å². The number of amidine groups is 1. The summed E-state index contributed by atoms with van der Waals surface area (Å²) < 4.78 is 0.171. The smallest absolute Gasteiger partial charge is 0.360 e. The molecule has 5 nitrogen and oxygen atoms in total. The highest BCUT2D eigenvalue weighted by atomic mass is 16.4. The Bertz CT molecular complexity index is 627. The Labute approximate surface area is 216 Å². The van der Waals surface area contributed by atoms with Crippen LogP contribution in [0.15, 0.2) is 29.5 Å². The number of rotatable bonds is 24. The monoisotopic (exact) mass is 490 g/mol. The molecule has 202 valence electrons. The summed E-state index contributed by atoms with van der Waals surface area (Å²) in [7, 11) is 0. The summed E-state index contributed by atoms with van der Waals surface area (Å²) in [6.07, 6.45) is 34.1. The minimum Gasteiger partial charge on any atom is -0.477 e. The molecule has 0 spiro atoms. The lowest BCUT2D eigenvalue weighted by molar-refractivity contribution is -0.805. The number of hydrogen-bond donors (Lipinski definition) is 2. The number of hydrogen-bond acceptors (Lipinski definition) is 3. The Balaban J connectivity index is 1.89. The zero-order valence-electron chi connectivity index (χ0n) is 23.1. The summed E-state index contributed by atoms with van der Waals surface area (Å²) in [5, 5.41) is 9.29. The van der Waals surface area contributed by atoms with Gasteiger partial charge in [-0.15, -0.1) is 0 Å². The third-order valence-corrected chi connectivity index (χ3v) is 7.32. The standard InChI is InChI=1S/C30H55N3O2/c1-3-4-5-6-7-8-9-10-11-12-13-14-15-16-17-18-19-20-21-22-23-24-29-32-25-26-33(29,28(2)31)27-30(34)35/h10-11,25-26,28H,3-9,12-24,27,31H2,1-2H3/p+1/b11-10+. The Morgan fingerprint density at radius 2 is 1.31 bits per heavy atom. The lowest BCUT2D eigenvalue weighted by Crippen LogP contribution is -2.59. The van der Waals surface area contributed by atoms with Crippen molar-refractivity contribution in [2.75, 3.05) is 6.54 Å².